The predicted molar refractivity (Wildman–Crippen MR) is 55.6 cm³/mol. The first-order valence-corrected chi connectivity index (χ1v) is 5.31. The molecule has 1 unspecified atom stereocenters. The molecule has 0 saturated carbocycles. The number of carbonyl (C=O) groups excluding carboxylic acids is 2. The first-order chi connectivity index (χ1) is 7.60. The van der Waals surface area contributed by atoms with Crippen LogP contribution in [0.4, 0.5) is 0 Å². The standard InChI is InChI=1S/C10H16N2O4/c1-2-8(10(15)16)9(14)12-5-3-11(7-13)4-6-12/h7-8H,2-6H2,1H3,(H,15,16). The van der Waals surface area contributed by atoms with Gasteiger partial charge in [0.1, 0.15) is 5.92 Å². The maximum Gasteiger partial charge on any atom is 0.316 e. The van der Waals surface area contributed by atoms with Crippen LogP contribution in [0, 0.1) is 5.92 Å². The summed E-state index contributed by atoms with van der Waals surface area (Å²) in [6, 6.07) is 0. The first-order valence-electron chi connectivity index (χ1n) is 5.31. The molecule has 0 radical (unpaired) electrons. The number of amides is 2. The fourth-order valence-corrected chi connectivity index (χ4v) is 1.72. The Hall–Kier alpha value is -1.59. The average molecular weight is 228 g/mol. The summed E-state index contributed by atoms with van der Waals surface area (Å²) in [7, 11) is 0. The van der Waals surface area contributed by atoms with Gasteiger partial charge >= 0.3 is 5.97 Å². The lowest BCUT2D eigenvalue weighted by atomic mass is 10.0. The van der Waals surface area contributed by atoms with Gasteiger partial charge in [-0.15, -0.1) is 0 Å². The third kappa shape index (κ3) is 2.71. The van der Waals surface area contributed by atoms with E-state index in [0.717, 1.165) is 6.41 Å². The minimum atomic E-state index is -1.08. The summed E-state index contributed by atoms with van der Waals surface area (Å²) < 4.78 is 0. The lowest BCUT2D eigenvalue weighted by molar-refractivity contribution is -0.152. The summed E-state index contributed by atoms with van der Waals surface area (Å²) in [6.45, 7) is 3.47. The summed E-state index contributed by atoms with van der Waals surface area (Å²) in [5.74, 6) is -2.38. The Balaban J connectivity index is 2.55. The molecule has 6 heteroatoms. The molecule has 0 bridgehead atoms. The van der Waals surface area contributed by atoms with E-state index in [0.29, 0.717) is 32.6 Å². The van der Waals surface area contributed by atoms with Crippen molar-refractivity contribution in [2.24, 2.45) is 5.92 Å². The van der Waals surface area contributed by atoms with Gasteiger partial charge in [-0.1, -0.05) is 6.92 Å². The van der Waals surface area contributed by atoms with Crippen LogP contribution in [0.25, 0.3) is 0 Å². The maximum absolute atomic E-state index is 11.8. The van der Waals surface area contributed by atoms with Crippen molar-refractivity contribution in [2.45, 2.75) is 13.3 Å². The molecule has 90 valence electrons. The Kier molecular flexibility index (Phi) is 4.28. The molecule has 1 aliphatic heterocycles. The highest BCUT2D eigenvalue weighted by Gasteiger charge is 2.30. The topological polar surface area (TPSA) is 77.9 Å². The van der Waals surface area contributed by atoms with Crippen molar-refractivity contribution >= 4 is 18.3 Å². The summed E-state index contributed by atoms with van der Waals surface area (Å²) in [5.41, 5.74) is 0. The number of aliphatic carboxylic acids is 1. The molecule has 0 aliphatic carbocycles. The lowest BCUT2D eigenvalue weighted by Gasteiger charge is -2.33. The molecule has 6 nitrogen and oxygen atoms in total. The molecule has 16 heavy (non-hydrogen) atoms. The molecule has 1 fully saturated rings. The Morgan fingerprint density at radius 1 is 1.31 bits per heavy atom. The second-order valence-corrected chi connectivity index (χ2v) is 3.77. The lowest BCUT2D eigenvalue weighted by Crippen LogP contribution is -2.50. The first kappa shape index (κ1) is 12.5. The minimum absolute atomic E-state index is 0.294. The zero-order chi connectivity index (χ0) is 12.1. The van der Waals surface area contributed by atoms with Crippen molar-refractivity contribution in [1.29, 1.82) is 0 Å². The molecule has 1 N–H and O–H groups in total. The van der Waals surface area contributed by atoms with E-state index in [-0.39, 0.29) is 5.91 Å². The summed E-state index contributed by atoms with van der Waals surface area (Å²) >= 11 is 0. The molecular weight excluding hydrogens is 212 g/mol. The van der Waals surface area contributed by atoms with Gasteiger partial charge in [0.2, 0.25) is 12.3 Å². The van der Waals surface area contributed by atoms with Crippen LogP contribution in [0.5, 0.6) is 0 Å². The molecule has 1 rings (SSSR count). The molecule has 1 aliphatic rings. The van der Waals surface area contributed by atoms with E-state index in [9.17, 15) is 14.4 Å². The molecule has 1 saturated heterocycles. The zero-order valence-corrected chi connectivity index (χ0v) is 9.26. The van der Waals surface area contributed by atoms with E-state index in [1.807, 2.05) is 0 Å². The number of carboxylic acid groups (broad SMARTS) is 1. The van der Waals surface area contributed by atoms with Gasteiger partial charge in [-0.3, -0.25) is 14.4 Å². The van der Waals surface area contributed by atoms with Gasteiger partial charge in [0.25, 0.3) is 0 Å². The molecule has 2 amide bonds. The number of nitrogens with zero attached hydrogens (tertiary/aromatic N) is 2. The Morgan fingerprint density at radius 2 is 1.88 bits per heavy atom. The second kappa shape index (κ2) is 5.48. The Morgan fingerprint density at radius 3 is 2.25 bits per heavy atom. The zero-order valence-electron chi connectivity index (χ0n) is 9.26. The molecule has 1 atom stereocenters. The quantitative estimate of drug-likeness (QED) is 0.514. The van der Waals surface area contributed by atoms with Gasteiger partial charge in [0, 0.05) is 26.2 Å². The monoisotopic (exact) mass is 228 g/mol. The van der Waals surface area contributed by atoms with Crippen LogP contribution in [0.2, 0.25) is 0 Å². The number of hydrogen-bond acceptors (Lipinski definition) is 3. The SMILES string of the molecule is CCC(C(=O)O)C(=O)N1CCN(C=O)CC1. The number of hydrogen-bond donors (Lipinski definition) is 1. The molecule has 1 heterocycles. The maximum atomic E-state index is 11.8. The van der Waals surface area contributed by atoms with Crippen molar-refractivity contribution in [3.8, 4) is 0 Å². The molecule has 0 spiro atoms. The van der Waals surface area contributed by atoms with Crippen molar-refractivity contribution in [1.82, 2.24) is 9.80 Å². The summed E-state index contributed by atoms with van der Waals surface area (Å²) in [4.78, 5) is 36.2. The molecular formula is C10H16N2O4. The largest absolute Gasteiger partial charge is 0.481 e. The Labute approximate surface area is 93.8 Å². The van der Waals surface area contributed by atoms with Crippen molar-refractivity contribution in [3.63, 3.8) is 0 Å². The minimum Gasteiger partial charge on any atom is -0.481 e. The van der Waals surface area contributed by atoms with Gasteiger partial charge in [-0.2, -0.15) is 0 Å². The number of piperazine rings is 1. The van der Waals surface area contributed by atoms with E-state index in [1.54, 1.807) is 11.8 Å². The highest BCUT2D eigenvalue weighted by Crippen LogP contribution is 2.10. The number of carboxylic acids is 1. The van der Waals surface area contributed by atoms with Crippen LogP contribution in [0.3, 0.4) is 0 Å². The van der Waals surface area contributed by atoms with Crippen molar-refractivity contribution in [2.75, 3.05) is 26.2 Å². The number of rotatable bonds is 4. The molecule has 0 aromatic rings. The van der Waals surface area contributed by atoms with Gasteiger partial charge in [0.05, 0.1) is 0 Å². The smallest absolute Gasteiger partial charge is 0.316 e. The van der Waals surface area contributed by atoms with E-state index >= 15 is 0 Å². The van der Waals surface area contributed by atoms with E-state index in [4.69, 9.17) is 5.11 Å². The highest BCUT2D eigenvalue weighted by molar-refractivity contribution is 5.96. The van der Waals surface area contributed by atoms with Crippen LogP contribution in [0.15, 0.2) is 0 Å². The van der Waals surface area contributed by atoms with Crippen LogP contribution in [-0.4, -0.2) is 59.4 Å². The third-order valence-electron chi connectivity index (χ3n) is 2.78. The second-order valence-electron chi connectivity index (χ2n) is 3.77. The van der Waals surface area contributed by atoms with Crippen LogP contribution < -0.4 is 0 Å². The van der Waals surface area contributed by atoms with Gasteiger partial charge in [-0.25, -0.2) is 0 Å². The van der Waals surface area contributed by atoms with Gasteiger partial charge in [-0.05, 0) is 6.42 Å². The van der Waals surface area contributed by atoms with E-state index < -0.39 is 11.9 Å². The van der Waals surface area contributed by atoms with Gasteiger partial charge in [0.15, 0.2) is 0 Å². The summed E-state index contributed by atoms with van der Waals surface area (Å²) in [5, 5.41) is 8.86. The van der Waals surface area contributed by atoms with Crippen LogP contribution in [0.1, 0.15) is 13.3 Å². The van der Waals surface area contributed by atoms with Crippen LogP contribution in [-0.2, 0) is 14.4 Å². The van der Waals surface area contributed by atoms with Crippen molar-refractivity contribution < 1.29 is 19.5 Å². The molecule has 0 aromatic heterocycles. The van der Waals surface area contributed by atoms with Crippen molar-refractivity contribution in [3.05, 3.63) is 0 Å². The molecule has 0 aromatic carbocycles. The summed E-state index contributed by atoms with van der Waals surface area (Å²) in [6.07, 6.45) is 1.04. The highest BCUT2D eigenvalue weighted by atomic mass is 16.4. The fraction of sp³-hybridized carbons (Fsp3) is 0.700. The normalized spacial score (nSPS) is 18.1. The van der Waals surface area contributed by atoms with E-state index in [1.165, 1.54) is 4.90 Å². The third-order valence-corrected chi connectivity index (χ3v) is 2.78. The Bertz CT molecular complexity index is 285. The van der Waals surface area contributed by atoms with Crippen LogP contribution >= 0.6 is 0 Å². The van der Waals surface area contributed by atoms with Gasteiger partial charge < -0.3 is 14.9 Å². The predicted octanol–water partition coefficient (Wildman–Crippen LogP) is -0.602. The van der Waals surface area contributed by atoms with E-state index in [2.05, 4.69) is 0 Å². The average Bonchev–Trinajstić information content (AvgIpc) is 2.29. The number of carbonyl (C=O) groups is 3. The fourth-order valence-electron chi connectivity index (χ4n) is 1.72.